The van der Waals surface area contributed by atoms with Crippen molar-refractivity contribution in [1.82, 2.24) is 14.7 Å². The number of likely N-dealkylation sites (N-methyl/N-ethyl adjacent to an activating group) is 1. The van der Waals surface area contributed by atoms with Gasteiger partial charge in [-0.3, -0.25) is 0 Å². The largest absolute Gasteiger partial charge is 0.463 e. The van der Waals surface area contributed by atoms with Crippen LogP contribution in [0.3, 0.4) is 0 Å². The summed E-state index contributed by atoms with van der Waals surface area (Å²) < 4.78 is 0. The minimum absolute atomic E-state index is 0.524. The molecule has 1 fully saturated rings. The van der Waals surface area contributed by atoms with Crippen molar-refractivity contribution in [2.75, 3.05) is 47.3 Å². The van der Waals surface area contributed by atoms with Gasteiger partial charge in [0, 0.05) is 40.3 Å². The zero-order chi connectivity index (χ0) is 11.4. The lowest BCUT2D eigenvalue weighted by molar-refractivity contribution is 0.194. The Bertz CT molecular complexity index is 257. The second kappa shape index (κ2) is 4.97. The Labute approximate surface area is 89.8 Å². The molecular formula is C9H18N4O2. The summed E-state index contributed by atoms with van der Waals surface area (Å²) in [6.45, 7) is 3.51. The van der Waals surface area contributed by atoms with Crippen molar-refractivity contribution in [3.05, 3.63) is 0 Å². The molecule has 1 heterocycles. The van der Waals surface area contributed by atoms with Crippen LogP contribution in [-0.2, 0) is 0 Å². The van der Waals surface area contributed by atoms with Gasteiger partial charge in [-0.2, -0.15) is 0 Å². The van der Waals surface area contributed by atoms with Crippen LogP contribution in [0.5, 0.6) is 0 Å². The monoisotopic (exact) mass is 214 g/mol. The van der Waals surface area contributed by atoms with Gasteiger partial charge in [0.1, 0.15) is 0 Å². The van der Waals surface area contributed by atoms with Crippen molar-refractivity contribution in [1.29, 1.82) is 0 Å². The molecule has 1 N–H and O–H groups in total. The van der Waals surface area contributed by atoms with Gasteiger partial charge in [0.05, 0.1) is 0 Å². The van der Waals surface area contributed by atoms with E-state index >= 15 is 0 Å². The first-order chi connectivity index (χ1) is 7.00. The van der Waals surface area contributed by atoms with E-state index in [0.29, 0.717) is 5.96 Å². The summed E-state index contributed by atoms with van der Waals surface area (Å²) in [4.78, 5) is 20.1. The molecule has 0 radical (unpaired) electrons. The van der Waals surface area contributed by atoms with Crippen molar-refractivity contribution < 1.29 is 9.90 Å². The van der Waals surface area contributed by atoms with Crippen LogP contribution in [0, 0.1) is 0 Å². The van der Waals surface area contributed by atoms with Crippen molar-refractivity contribution in [2.24, 2.45) is 4.99 Å². The molecular weight excluding hydrogens is 196 g/mol. The molecule has 86 valence electrons. The van der Waals surface area contributed by atoms with Gasteiger partial charge in [-0.05, 0) is 7.05 Å². The lowest BCUT2D eigenvalue weighted by Gasteiger charge is -2.36. The van der Waals surface area contributed by atoms with E-state index in [1.54, 1.807) is 19.0 Å². The fraction of sp³-hybridized carbons (Fsp3) is 0.778. The Morgan fingerprint density at radius 2 is 1.80 bits per heavy atom. The van der Waals surface area contributed by atoms with E-state index in [1.807, 2.05) is 4.90 Å². The van der Waals surface area contributed by atoms with E-state index in [0.717, 1.165) is 26.2 Å². The predicted octanol–water partition coefficient (Wildman–Crippen LogP) is -0.171. The number of nitrogens with zero attached hydrogens (tertiary/aromatic N) is 4. The highest BCUT2D eigenvalue weighted by Crippen LogP contribution is 2.02. The van der Waals surface area contributed by atoms with Crippen LogP contribution in [0.4, 0.5) is 4.79 Å². The summed E-state index contributed by atoms with van der Waals surface area (Å²) in [5.74, 6) is 0.524. The van der Waals surface area contributed by atoms with E-state index in [1.165, 1.54) is 0 Å². The molecule has 6 heteroatoms. The molecule has 0 saturated carbocycles. The highest BCUT2D eigenvalue weighted by atomic mass is 16.4. The topological polar surface area (TPSA) is 59.4 Å². The summed E-state index contributed by atoms with van der Waals surface area (Å²) in [5, 5.41) is 8.66. The normalized spacial score (nSPS) is 19.1. The number of amides is 1. The Morgan fingerprint density at radius 1 is 1.27 bits per heavy atom. The highest BCUT2D eigenvalue weighted by Gasteiger charge is 2.19. The van der Waals surface area contributed by atoms with E-state index in [-0.39, 0.29) is 0 Å². The number of carbonyl (C=O) groups is 1. The molecule has 6 nitrogen and oxygen atoms in total. The standard InChI is InChI=1S/C9H18N4O2/c1-11(2)8(10-9(14)15)13-6-4-12(3)5-7-13/h4-7H2,1-3H3,(H,14,15). The molecule has 0 unspecified atom stereocenters. The van der Waals surface area contributed by atoms with Gasteiger partial charge < -0.3 is 19.8 Å². The average Bonchev–Trinajstić information content (AvgIpc) is 2.15. The third-order valence-corrected chi connectivity index (χ3v) is 2.38. The molecule has 0 aromatic rings. The first-order valence-electron chi connectivity index (χ1n) is 4.93. The quantitative estimate of drug-likeness (QED) is 0.448. The van der Waals surface area contributed by atoms with Crippen LogP contribution < -0.4 is 0 Å². The number of hydrogen-bond acceptors (Lipinski definition) is 2. The van der Waals surface area contributed by atoms with E-state index in [9.17, 15) is 4.79 Å². The first kappa shape index (κ1) is 11.8. The van der Waals surface area contributed by atoms with Crippen molar-refractivity contribution in [2.45, 2.75) is 0 Å². The Morgan fingerprint density at radius 3 is 2.20 bits per heavy atom. The number of hydrogen-bond donors (Lipinski definition) is 1. The summed E-state index contributed by atoms with van der Waals surface area (Å²) in [6.07, 6.45) is -1.14. The van der Waals surface area contributed by atoms with E-state index < -0.39 is 6.09 Å². The van der Waals surface area contributed by atoms with Crippen molar-refractivity contribution in [3.8, 4) is 0 Å². The van der Waals surface area contributed by atoms with Crippen LogP contribution >= 0.6 is 0 Å². The third kappa shape index (κ3) is 3.39. The molecule has 0 aliphatic carbocycles. The second-order valence-electron chi connectivity index (χ2n) is 3.88. The molecule has 15 heavy (non-hydrogen) atoms. The Kier molecular flexibility index (Phi) is 3.90. The maximum atomic E-state index is 10.6. The molecule has 0 aromatic carbocycles. The fourth-order valence-electron chi connectivity index (χ4n) is 1.55. The van der Waals surface area contributed by atoms with Crippen LogP contribution in [0.15, 0.2) is 4.99 Å². The lowest BCUT2D eigenvalue weighted by atomic mass is 10.3. The summed E-state index contributed by atoms with van der Waals surface area (Å²) in [5.41, 5.74) is 0. The van der Waals surface area contributed by atoms with Gasteiger partial charge in [0.25, 0.3) is 0 Å². The van der Waals surface area contributed by atoms with Gasteiger partial charge in [0.2, 0.25) is 5.96 Å². The highest BCUT2D eigenvalue weighted by molar-refractivity contribution is 5.89. The lowest BCUT2D eigenvalue weighted by Crippen LogP contribution is -2.51. The maximum absolute atomic E-state index is 10.6. The second-order valence-corrected chi connectivity index (χ2v) is 3.88. The molecule has 0 atom stereocenters. The minimum atomic E-state index is -1.14. The number of piperazine rings is 1. The number of guanidine groups is 1. The van der Waals surface area contributed by atoms with E-state index in [2.05, 4.69) is 16.9 Å². The maximum Gasteiger partial charge on any atom is 0.434 e. The van der Waals surface area contributed by atoms with E-state index in [4.69, 9.17) is 5.11 Å². The van der Waals surface area contributed by atoms with Crippen LogP contribution in [0.1, 0.15) is 0 Å². The molecule has 0 aromatic heterocycles. The molecule has 1 rings (SSSR count). The third-order valence-electron chi connectivity index (χ3n) is 2.38. The molecule has 0 bridgehead atoms. The number of aliphatic imine (C=N–C) groups is 1. The number of carboxylic acid groups (broad SMARTS) is 1. The zero-order valence-electron chi connectivity index (χ0n) is 9.47. The minimum Gasteiger partial charge on any atom is -0.463 e. The fourth-order valence-corrected chi connectivity index (χ4v) is 1.55. The van der Waals surface area contributed by atoms with Gasteiger partial charge in [-0.25, -0.2) is 4.79 Å². The van der Waals surface area contributed by atoms with Crippen molar-refractivity contribution >= 4 is 12.1 Å². The number of rotatable bonds is 0. The van der Waals surface area contributed by atoms with Gasteiger partial charge in [-0.1, -0.05) is 0 Å². The van der Waals surface area contributed by atoms with Crippen molar-refractivity contribution in [3.63, 3.8) is 0 Å². The van der Waals surface area contributed by atoms with Gasteiger partial charge in [0.15, 0.2) is 0 Å². The SMILES string of the molecule is CN1CCN(C(=NC(=O)O)N(C)C)CC1. The smallest absolute Gasteiger partial charge is 0.434 e. The molecule has 1 amide bonds. The van der Waals surface area contributed by atoms with Crippen LogP contribution in [0.2, 0.25) is 0 Å². The Hall–Kier alpha value is -1.30. The average molecular weight is 214 g/mol. The first-order valence-corrected chi connectivity index (χ1v) is 4.93. The predicted molar refractivity (Wildman–Crippen MR) is 58.2 cm³/mol. The zero-order valence-corrected chi connectivity index (χ0v) is 9.47. The molecule has 1 saturated heterocycles. The van der Waals surface area contributed by atoms with Gasteiger partial charge in [-0.15, -0.1) is 4.99 Å². The molecule has 1 aliphatic heterocycles. The van der Waals surface area contributed by atoms with Crippen LogP contribution in [-0.4, -0.2) is 79.2 Å². The summed E-state index contributed by atoms with van der Waals surface area (Å²) >= 11 is 0. The van der Waals surface area contributed by atoms with Crippen LogP contribution in [0.25, 0.3) is 0 Å². The Balaban J connectivity index is 2.69. The summed E-state index contributed by atoms with van der Waals surface area (Å²) in [6, 6.07) is 0. The summed E-state index contributed by atoms with van der Waals surface area (Å²) in [7, 11) is 5.67. The molecule has 1 aliphatic rings. The molecule has 0 spiro atoms. The van der Waals surface area contributed by atoms with Gasteiger partial charge >= 0.3 is 6.09 Å².